The van der Waals surface area contributed by atoms with Gasteiger partial charge in [-0.2, -0.15) is 52.7 Å². The Labute approximate surface area is 281 Å². The van der Waals surface area contributed by atoms with Gasteiger partial charge in [0, 0.05) is 0 Å². The SMILES string of the molecule is C[C@H](C1CCCC1P(c1cc(C(F)(F)F)cc(C(F)(F)F)c1)c1cc(C(F)(F)F)cc(C(F)(F)F)c1)P(C1CCCCC1)C1CCCCC1. The van der Waals surface area contributed by atoms with Crippen LogP contribution in [0.2, 0.25) is 0 Å². The summed E-state index contributed by atoms with van der Waals surface area (Å²) in [5.41, 5.74) is -6.38. The maximum Gasteiger partial charge on any atom is 0.416 e. The Morgan fingerprint density at radius 2 is 0.816 bits per heavy atom. The molecule has 49 heavy (non-hydrogen) atoms. The van der Waals surface area contributed by atoms with Gasteiger partial charge in [0.25, 0.3) is 0 Å². The first-order valence-corrected chi connectivity index (χ1v) is 19.9. The van der Waals surface area contributed by atoms with E-state index in [-0.39, 0.29) is 30.1 Å². The second kappa shape index (κ2) is 14.8. The zero-order chi connectivity index (χ0) is 35.9. The quantitative estimate of drug-likeness (QED) is 0.195. The topological polar surface area (TPSA) is 0 Å². The number of halogens is 12. The Hall–Kier alpha value is -1.54. The minimum absolute atomic E-state index is 0.000490. The lowest BCUT2D eigenvalue weighted by Crippen LogP contribution is -2.35. The molecule has 0 N–H and O–H groups in total. The monoisotopic (exact) mass is 750 g/mol. The van der Waals surface area contributed by atoms with Gasteiger partial charge in [-0.25, -0.2) is 0 Å². The van der Waals surface area contributed by atoms with Crippen LogP contribution < -0.4 is 10.6 Å². The van der Waals surface area contributed by atoms with Gasteiger partial charge in [0.1, 0.15) is 0 Å². The summed E-state index contributed by atoms with van der Waals surface area (Å²) in [6, 6.07) is 1.95. The Kier molecular flexibility index (Phi) is 11.7. The Morgan fingerprint density at radius 1 is 0.469 bits per heavy atom. The van der Waals surface area contributed by atoms with Crippen molar-refractivity contribution in [3.8, 4) is 0 Å². The molecule has 5 rings (SSSR count). The minimum atomic E-state index is -5.24. The smallest absolute Gasteiger partial charge is 0.166 e. The van der Waals surface area contributed by atoms with Crippen LogP contribution in [0.3, 0.4) is 0 Å². The van der Waals surface area contributed by atoms with E-state index < -0.39 is 79.1 Å². The average Bonchev–Trinajstić information content (AvgIpc) is 3.50. The molecular formula is C35H40F12P2. The molecule has 3 aliphatic carbocycles. The number of hydrogen-bond acceptors (Lipinski definition) is 0. The fourth-order valence-electron chi connectivity index (χ4n) is 8.48. The van der Waals surface area contributed by atoms with Crippen molar-refractivity contribution in [3.05, 3.63) is 58.7 Å². The van der Waals surface area contributed by atoms with Crippen molar-refractivity contribution in [1.82, 2.24) is 0 Å². The molecule has 3 fully saturated rings. The van der Waals surface area contributed by atoms with Crippen LogP contribution in [0.5, 0.6) is 0 Å². The Balaban J connectivity index is 1.71. The second-order valence-corrected chi connectivity index (χ2v) is 19.4. The largest absolute Gasteiger partial charge is 0.416 e. The third kappa shape index (κ3) is 9.10. The Morgan fingerprint density at radius 3 is 1.14 bits per heavy atom. The number of rotatable bonds is 7. The van der Waals surface area contributed by atoms with E-state index in [2.05, 4.69) is 6.92 Å². The first kappa shape index (κ1) is 38.7. The molecule has 0 spiro atoms. The highest BCUT2D eigenvalue weighted by Crippen LogP contribution is 2.64. The third-order valence-corrected chi connectivity index (χ3v) is 17.6. The normalized spacial score (nSPS) is 23.1. The zero-order valence-corrected chi connectivity index (χ0v) is 28.8. The van der Waals surface area contributed by atoms with E-state index >= 15 is 0 Å². The summed E-state index contributed by atoms with van der Waals surface area (Å²) in [6.07, 6.45) is -8.92. The van der Waals surface area contributed by atoms with Crippen molar-refractivity contribution in [2.75, 3.05) is 0 Å². The van der Waals surface area contributed by atoms with Gasteiger partial charge >= 0.3 is 24.7 Å². The van der Waals surface area contributed by atoms with Crippen LogP contribution in [-0.4, -0.2) is 22.6 Å². The summed E-state index contributed by atoms with van der Waals surface area (Å²) in [5.74, 6) is -0.270. The van der Waals surface area contributed by atoms with Crippen LogP contribution in [0, 0.1) is 5.92 Å². The van der Waals surface area contributed by atoms with Gasteiger partial charge in [-0.3, -0.25) is 0 Å². The fourth-order valence-corrected chi connectivity index (χ4v) is 16.7. The van der Waals surface area contributed by atoms with E-state index in [4.69, 9.17) is 0 Å². The molecular weight excluding hydrogens is 710 g/mol. The van der Waals surface area contributed by atoms with E-state index in [0.29, 0.717) is 48.4 Å². The van der Waals surface area contributed by atoms with Gasteiger partial charge in [-0.05, 0) is 122 Å². The third-order valence-electron chi connectivity index (χ3n) is 10.6. The molecule has 14 heteroatoms. The summed E-state index contributed by atoms with van der Waals surface area (Å²) in [7, 11) is -3.19. The molecule has 0 saturated heterocycles. The summed E-state index contributed by atoms with van der Waals surface area (Å²) in [5, 5.41) is -1.01. The predicted molar refractivity (Wildman–Crippen MR) is 170 cm³/mol. The van der Waals surface area contributed by atoms with E-state index in [1.165, 1.54) is 0 Å². The molecule has 2 unspecified atom stereocenters. The highest BCUT2D eigenvalue weighted by atomic mass is 31.1. The lowest BCUT2D eigenvalue weighted by atomic mass is 9.99. The lowest BCUT2D eigenvalue weighted by Gasteiger charge is -2.46. The van der Waals surface area contributed by atoms with E-state index in [0.717, 1.165) is 64.2 Å². The number of alkyl halides is 12. The standard InChI is InChI=1S/C35H40F12P2/c1-21(48(26-9-4-2-5-10-26)27-11-6-3-7-12-27)30-13-8-14-31(30)49(28-17-22(32(36,37)38)15-23(18-28)33(39,40)41)29-19-24(34(42,43)44)16-25(20-29)35(45,46)47/h15-21,26-27,30-31H,2-14H2,1H3/t21-,30?,31?/m1/s1. The van der Waals surface area contributed by atoms with Crippen LogP contribution in [0.1, 0.15) is 113 Å². The van der Waals surface area contributed by atoms with Gasteiger partial charge in [0.15, 0.2) is 0 Å². The van der Waals surface area contributed by atoms with E-state index in [1.54, 1.807) is 0 Å². The second-order valence-electron chi connectivity index (χ2n) is 13.8. The molecule has 2 aromatic rings. The number of hydrogen-bond donors (Lipinski definition) is 0. The van der Waals surface area contributed by atoms with Crippen molar-refractivity contribution in [1.29, 1.82) is 0 Å². The van der Waals surface area contributed by atoms with Gasteiger partial charge in [0.05, 0.1) is 22.3 Å². The van der Waals surface area contributed by atoms with Crippen molar-refractivity contribution in [3.63, 3.8) is 0 Å². The van der Waals surface area contributed by atoms with E-state index in [1.807, 2.05) is 0 Å². The number of benzene rings is 2. The summed E-state index contributed by atoms with van der Waals surface area (Å²) in [4.78, 5) is 0. The molecule has 0 aliphatic heterocycles. The zero-order valence-electron chi connectivity index (χ0n) is 27.0. The molecule has 0 amide bonds. The van der Waals surface area contributed by atoms with Crippen LogP contribution in [0.4, 0.5) is 52.7 Å². The molecule has 3 aliphatic rings. The van der Waals surface area contributed by atoms with Crippen molar-refractivity contribution >= 4 is 26.5 Å². The van der Waals surface area contributed by atoms with Gasteiger partial charge in [0.2, 0.25) is 0 Å². The van der Waals surface area contributed by atoms with E-state index in [9.17, 15) is 52.7 Å². The van der Waals surface area contributed by atoms with Crippen LogP contribution in [0.25, 0.3) is 0 Å². The predicted octanol–water partition coefficient (Wildman–Crippen LogP) is 12.9. The molecule has 0 radical (unpaired) electrons. The molecule has 0 aromatic heterocycles. The Bertz CT molecular complexity index is 1260. The molecule has 3 atom stereocenters. The van der Waals surface area contributed by atoms with Gasteiger partial charge < -0.3 is 0 Å². The highest BCUT2D eigenvalue weighted by Gasteiger charge is 2.47. The molecule has 0 nitrogen and oxygen atoms in total. The summed E-state index contributed by atoms with van der Waals surface area (Å²) >= 11 is 0. The molecule has 2 aromatic carbocycles. The van der Waals surface area contributed by atoms with Crippen LogP contribution in [-0.2, 0) is 24.7 Å². The average molecular weight is 751 g/mol. The van der Waals surface area contributed by atoms with Crippen molar-refractivity contribution in [2.45, 2.75) is 138 Å². The van der Waals surface area contributed by atoms with Gasteiger partial charge in [-0.15, -0.1) is 0 Å². The summed E-state index contributed by atoms with van der Waals surface area (Å²) < 4.78 is 169. The minimum Gasteiger partial charge on any atom is -0.166 e. The first-order valence-electron chi connectivity index (χ1n) is 16.9. The highest BCUT2D eigenvalue weighted by molar-refractivity contribution is 7.73. The van der Waals surface area contributed by atoms with Crippen molar-refractivity contribution < 1.29 is 52.7 Å². The van der Waals surface area contributed by atoms with Crippen molar-refractivity contribution in [2.24, 2.45) is 5.92 Å². The van der Waals surface area contributed by atoms with Crippen LogP contribution in [0.15, 0.2) is 36.4 Å². The molecule has 274 valence electrons. The lowest BCUT2D eigenvalue weighted by molar-refractivity contribution is -0.144. The maximum absolute atomic E-state index is 14.1. The summed E-state index contributed by atoms with van der Waals surface area (Å²) in [6.45, 7) is 2.09. The molecule has 3 saturated carbocycles. The fraction of sp³-hybridized carbons (Fsp3) is 0.657. The first-order chi connectivity index (χ1) is 22.7. The van der Waals surface area contributed by atoms with Crippen LogP contribution >= 0.6 is 15.8 Å². The van der Waals surface area contributed by atoms with Gasteiger partial charge in [-0.1, -0.05) is 59.8 Å². The molecule has 0 heterocycles. The maximum atomic E-state index is 14.1. The molecule has 0 bridgehead atoms.